The summed E-state index contributed by atoms with van der Waals surface area (Å²) in [5.74, 6) is -4.72. The molecule has 1 atom stereocenters. The minimum absolute atomic E-state index is 0.135. The van der Waals surface area contributed by atoms with E-state index in [1.807, 2.05) is 0 Å². The van der Waals surface area contributed by atoms with E-state index in [2.05, 4.69) is 0 Å². The number of piperidine rings is 1. The molecule has 1 fully saturated rings. The SMILES string of the molecule is [2H]C1=C(SCc2cccc(F)c2F)N(C([2H])([2H])C(=O)N(C2CCN(C([2H])([2H])COC([2H])([2H])[2H])CC2)C([2H])([2H])c2ccc(-c3ccc(C(F)(F)F)cc3)cc2)c2c([2H])c([2H])c(C)c([2H])c2C1O. The van der Waals surface area contributed by atoms with Crippen molar-refractivity contribution in [2.75, 3.05) is 44.6 Å². The number of alkyl halides is 3. The van der Waals surface area contributed by atoms with Crippen LogP contribution in [0.3, 0.4) is 0 Å². The minimum Gasteiger partial charge on any atom is -0.384 e. The standard InChI is InChI=1S/C41H42F5N3O3S/c1-27-6-15-36-34(22-27)37(50)23-39(53-26-31-4-3-5-35(42)40(31)43)49(36)25-38(51)48(33-16-18-47(19-17-33)20-21-52-2)24-28-7-9-29(10-8-28)30-11-13-32(14-12-30)41(44,45)46/h3-15,22-23,33,37,50H,16-21,24-26H2,1-2H3/i2D3,6D,15D,20D2,22D,23D,24D2,25D2. The highest BCUT2D eigenvalue weighted by Crippen LogP contribution is 2.41. The average molecular weight is 765 g/mol. The third-order valence-electron chi connectivity index (χ3n) is 8.60. The number of hydrogen-bond acceptors (Lipinski definition) is 6. The minimum atomic E-state index is -4.61. The van der Waals surface area contributed by atoms with Crippen molar-refractivity contribution in [2.24, 2.45) is 0 Å². The molecule has 12 heteroatoms. The fraction of sp³-hybridized carbons (Fsp3) is 0.341. The molecule has 4 aromatic carbocycles. The smallest absolute Gasteiger partial charge is 0.384 e. The number of carbonyl (C=O) groups excluding carboxylic acids is 1. The van der Waals surface area contributed by atoms with Crippen LogP contribution in [0.5, 0.6) is 0 Å². The number of hydrogen-bond donors (Lipinski definition) is 1. The Morgan fingerprint density at radius 2 is 1.75 bits per heavy atom. The Morgan fingerprint density at radius 1 is 1.06 bits per heavy atom. The van der Waals surface area contributed by atoms with Gasteiger partial charge in [-0.15, -0.1) is 11.8 Å². The molecule has 2 heterocycles. The summed E-state index contributed by atoms with van der Waals surface area (Å²) in [6.07, 6.45) is -7.14. The molecule has 4 aromatic rings. The molecular formula is C41H42F5N3O3S. The molecule has 1 saturated heterocycles. The van der Waals surface area contributed by atoms with Gasteiger partial charge in [0.05, 0.1) is 32.3 Å². The molecule has 1 N–H and O–H groups in total. The van der Waals surface area contributed by atoms with Gasteiger partial charge in [-0.05, 0) is 66.7 Å². The number of benzene rings is 4. The zero-order valence-electron chi connectivity index (χ0n) is 41.2. The van der Waals surface area contributed by atoms with Crippen LogP contribution in [0, 0.1) is 18.6 Å². The highest BCUT2D eigenvalue weighted by Gasteiger charge is 2.33. The normalized spacial score (nSPS) is 21.5. The molecule has 53 heavy (non-hydrogen) atoms. The van der Waals surface area contributed by atoms with Gasteiger partial charge >= 0.3 is 6.18 Å². The first-order valence-corrected chi connectivity index (χ1v) is 17.3. The number of likely N-dealkylation sites (tertiary alicyclic amines) is 1. The maximum absolute atomic E-state index is 15.3. The zero-order chi connectivity index (χ0) is 49.1. The summed E-state index contributed by atoms with van der Waals surface area (Å²) in [4.78, 5) is 17.6. The molecule has 1 amide bonds. The Hall–Kier alpha value is -4.23. The quantitative estimate of drug-likeness (QED) is 0.146. The van der Waals surface area contributed by atoms with Gasteiger partial charge in [0.2, 0.25) is 5.91 Å². The van der Waals surface area contributed by atoms with Crippen LogP contribution < -0.4 is 4.90 Å². The van der Waals surface area contributed by atoms with Crippen LogP contribution in [0.4, 0.5) is 27.6 Å². The second kappa shape index (κ2) is 16.8. The van der Waals surface area contributed by atoms with Gasteiger partial charge in [-0.25, -0.2) is 8.78 Å². The van der Waals surface area contributed by atoms with Crippen molar-refractivity contribution in [1.82, 2.24) is 9.80 Å². The van der Waals surface area contributed by atoms with Crippen LogP contribution in [0.15, 0.2) is 95.9 Å². The Labute approximate surface area is 329 Å². The largest absolute Gasteiger partial charge is 0.416 e. The summed E-state index contributed by atoms with van der Waals surface area (Å²) in [5.41, 5.74) is -2.14. The Balaban J connectivity index is 1.46. The van der Waals surface area contributed by atoms with Crippen molar-refractivity contribution in [3.05, 3.63) is 135 Å². The summed E-state index contributed by atoms with van der Waals surface area (Å²) in [5, 5.41) is 10.9. The molecule has 6 nitrogen and oxygen atoms in total. The van der Waals surface area contributed by atoms with Crippen molar-refractivity contribution < 1.29 is 54.4 Å². The molecule has 1 unspecified atom stereocenters. The molecule has 0 aliphatic carbocycles. The lowest BCUT2D eigenvalue weighted by atomic mass is 9.99. The summed E-state index contributed by atoms with van der Waals surface area (Å²) < 4.78 is 186. The molecule has 6 rings (SSSR count). The van der Waals surface area contributed by atoms with Gasteiger partial charge in [0.25, 0.3) is 0 Å². The number of nitrogens with zero attached hydrogens (tertiary/aromatic N) is 3. The molecule has 0 saturated carbocycles. The number of aliphatic hydroxyl groups excluding tert-OH is 1. The molecule has 2 aliphatic heterocycles. The van der Waals surface area contributed by atoms with Gasteiger partial charge in [0.15, 0.2) is 11.6 Å². The van der Waals surface area contributed by atoms with Crippen LogP contribution in [-0.2, 0) is 28.0 Å². The third-order valence-corrected chi connectivity index (χ3v) is 9.63. The molecule has 280 valence electrons. The van der Waals surface area contributed by atoms with Crippen molar-refractivity contribution >= 4 is 23.4 Å². The topological polar surface area (TPSA) is 56.3 Å². The first-order chi connectivity index (χ1) is 30.5. The summed E-state index contributed by atoms with van der Waals surface area (Å²) >= 11 is 0.466. The van der Waals surface area contributed by atoms with E-state index in [0.717, 1.165) is 18.2 Å². The molecule has 0 spiro atoms. The van der Waals surface area contributed by atoms with E-state index in [9.17, 15) is 32.5 Å². The number of methoxy groups -OCH3 is 1. The number of anilines is 1. The van der Waals surface area contributed by atoms with Crippen LogP contribution in [0.1, 0.15) is 64.6 Å². The van der Waals surface area contributed by atoms with Crippen LogP contribution in [0.2, 0.25) is 0 Å². The molecule has 0 radical (unpaired) electrons. The van der Waals surface area contributed by atoms with Crippen LogP contribution in [0.25, 0.3) is 11.1 Å². The average Bonchev–Trinajstić information content (AvgIpc) is 3.25. The Morgan fingerprint density at radius 3 is 2.43 bits per heavy atom. The Kier molecular flexibility index (Phi) is 7.93. The predicted molar refractivity (Wildman–Crippen MR) is 198 cm³/mol. The first kappa shape index (κ1) is 25.0. The summed E-state index contributed by atoms with van der Waals surface area (Å²) in [6.45, 7) is -9.04. The van der Waals surface area contributed by atoms with E-state index in [4.69, 9.17) is 17.1 Å². The molecule has 0 bridgehead atoms. The number of rotatable bonds is 12. The van der Waals surface area contributed by atoms with Gasteiger partial charge in [0.1, 0.15) is 12.6 Å². The van der Waals surface area contributed by atoms with Crippen molar-refractivity contribution in [3.8, 4) is 11.1 Å². The fourth-order valence-electron chi connectivity index (χ4n) is 5.85. The van der Waals surface area contributed by atoms with Gasteiger partial charge < -0.3 is 24.5 Å². The van der Waals surface area contributed by atoms with Crippen LogP contribution >= 0.6 is 11.8 Å². The fourth-order valence-corrected chi connectivity index (χ4v) is 6.83. The van der Waals surface area contributed by atoms with Crippen LogP contribution in [-0.4, -0.2) is 66.6 Å². The number of carbonyl (C=O) groups is 1. The maximum atomic E-state index is 15.3. The number of aliphatic hydroxyl groups is 1. The number of halogens is 5. The monoisotopic (exact) mass is 764 g/mol. The lowest BCUT2D eigenvalue weighted by Crippen LogP contribution is -2.50. The number of ether oxygens (including phenoxy) is 1. The Bertz CT molecular complexity index is 2510. The van der Waals surface area contributed by atoms with Gasteiger partial charge in [-0.3, -0.25) is 4.79 Å². The van der Waals surface area contributed by atoms with Crippen molar-refractivity contribution in [3.63, 3.8) is 0 Å². The van der Waals surface area contributed by atoms with Gasteiger partial charge in [0, 0.05) is 64.5 Å². The first-order valence-electron chi connectivity index (χ1n) is 22.9. The molecule has 0 aromatic heterocycles. The van der Waals surface area contributed by atoms with Crippen molar-refractivity contribution in [1.29, 1.82) is 0 Å². The lowest BCUT2D eigenvalue weighted by Gasteiger charge is -2.40. The molecule has 2 aliphatic rings. The molecular weight excluding hydrogens is 710 g/mol. The number of thioether (sulfide) groups is 1. The number of amides is 1. The van der Waals surface area contributed by atoms with E-state index in [1.165, 1.54) is 60.4 Å². The summed E-state index contributed by atoms with van der Waals surface area (Å²) in [7, 11) is -2.93. The zero-order valence-corrected chi connectivity index (χ0v) is 29.0. The highest BCUT2D eigenvalue weighted by molar-refractivity contribution is 8.02. The highest BCUT2D eigenvalue weighted by atomic mass is 32.2. The third kappa shape index (κ3) is 9.29. The van der Waals surface area contributed by atoms with E-state index < -0.39 is 121 Å². The van der Waals surface area contributed by atoms with Crippen molar-refractivity contribution in [2.45, 2.75) is 50.3 Å². The van der Waals surface area contributed by atoms with E-state index >= 15 is 4.79 Å². The number of fused-ring (bicyclic) bond motifs is 1. The maximum Gasteiger partial charge on any atom is 0.416 e. The second-order valence-corrected chi connectivity index (χ2v) is 13.1. The predicted octanol–water partition coefficient (Wildman–Crippen LogP) is 8.73. The van der Waals surface area contributed by atoms with E-state index in [1.54, 1.807) is 0 Å². The van der Waals surface area contributed by atoms with Gasteiger partial charge in [-0.2, -0.15) is 13.2 Å². The van der Waals surface area contributed by atoms with E-state index in [0.29, 0.717) is 32.7 Å². The summed E-state index contributed by atoms with van der Waals surface area (Å²) in [6, 6.07) is 8.49. The second-order valence-electron chi connectivity index (χ2n) is 12.2. The lowest BCUT2D eigenvalue weighted by molar-refractivity contribution is -0.137. The van der Waals surface area contributed by atoms with E-state index in [-0.39, 0.29) is 42.6 Å². The van der Waals surface area contributed by atoms with Gasteiger partial charge in [-0.1, -0.05) is 66.2 Å².